The smallest absolute Gasteiger partial charge is 0.135 e. The maximum atomic E-state index is 6.29. The first-order chi connectivity index (χ1) is 33.3. The maximum Gasteiger partial charge on any atom is 0.135 e. The summed E-state index contributed by atoms with van der Waals surface area (Å²) in [6, 6.07) is 82.5. The van der Waals surface area contributed by atoms with E-state index in [1.54, 1.807) is 0 Å². The summed E-state index contributed by atoms with van der Waals surface area (Å²) < 4.78 is 8.74. The molecule has 1 aliphatic rings. The SMILES string of the molecule is c1ccc(-n2c3ccccc3c3cccc(-c4ccccc4N(c4cccc(-c5ccc6oc7ccccc7c6c5)c4)c4ccccc4-c4cccc5cccc(C6CCCCC6)c45)c32)cc1. The summed E-state index contributed by atoms with van der Waals surface area (Å²) in [5.41, 5.74) is 17.2. The molecule has 2 heterocycles. The fraction of sp³-hybridized carbons (Fsp3) is 0.0938. The topological polar surface area (TPSA) is 21.3 Å². The number of anilines is 3. The van der Waals surface area contributed by atoms with E-state index in [1.165, 1.54) is 86.9 Å². The second-order valence-electron chi connectivity index (χ2n) is 18.2. The van der Waals surface area contributed by atoms with E-state index in [1.807, 2.05) is 6.07 Å². The quantitative estimate of drug-likeness (QED) is 0.152. The van der Waals surface area contributed by atoms with Crippen LogP contribution in [0.1, 0.15) is 43.6 Å². The summed E-state index contributed by atoms with van der Waals surface area (Å²) in [7, 11) is 0. The number of aromatic nitrogens is 1. The molecule has 67 heavy (non-hydrogen) atoms. The van der Waals surface area contributed by atoms with Crippen LogP contribution in [0, 0.1) is 0 Å². The van der Waals surface area contributed by atoms with Crippen LogP contribution in [-0.4, -0.2) is 4.57 Å². The standard InChI is InChI=1S/C64H48N2O/c1-3-19-43(20-4-1)49-31-16-21-44-22-17-32-54(63(44)49)50-27-7-11-35-58(50)65(48-26-15-23-45(41-48)46-39-40-62-57(42-46)53-30-10-14-38-61(53)67-62)59-36-12-8-28-51(59)55-33-18-34-56-52-29-9-13-37-60(52)66(64(55)56)47-24-5-2-6-25-47/h2,5-18,21-43H,1,3-4,19-20H2. The molecule has 0 aliphatic heterocycles. The molecule has 13 rings (SSSR count). The summed E-state index contributed by atoms with van der Waals surface area (Å²) in [4.78, 5) is 2.52. The van der Waals surface area contributed by atoms with Gasteiger partial charge in [0, 0.05) is 49.6 Å². The van der Waals surface area contributed by atoms with Gasteiger partial charge in [-0.1, -0.05) is 183 Å². The van der Waals surface area contributed by atoms with Gasteiger partial charge < -0.3 is 13.9 Å². The van der Waals surface area contributed by atoms with Crippen molar-refractivity contribution in [3.05, 3.63) is 230 Å². The monoisotopic (exact) mass is 860 g/mol. The zero-order chi connectivity index (χ0) is 44.3. The van der Waals surface area contributed by atoms with E-state index in [9.17, 15) is 0 Å². The van der Waals surface area contributed by atoms with Gasteiger partial charge in [0.2, 0.25) is 0 Å². The number of benzene rings is 10. The lowest BCUT2D eigenvalue weighted by Gasteiger charge is -2.31. The van der Waals surface area contributed by atoms with E-state index in [-0.39, 0.29) is 0 Å². The molecule has 0 N–H and O–H groups in total. The van der Waals surface area contributed by atoms with E-state index in [0.29, 0.717) is 5.92 Å². The molecule has 1 saturated carbocycles. The van der Waals surface area contributed by atoms with Gasteiger partial charge >= 0.3 is 0 Å². The van der Waals surface area contributed by atoms with Crippen LogP contribution in [0.25, 0.3) is 93.6 Å². The van der Waals surface area contributed by atoms with Crippen molar-refractivity contribution >= 4 is 71.6 Å². The van der Waals surface area contributed by atoms with Crippen molar-refractivity contribution in [2.75, 3.05) is 4.90 Å². The van der Waals surface area contributed by atoms with E-state index in [2.05, 4.69) is 228 Å². The molecule has 0 unspecified atom stereocenters. The van der Waals surface area contributed by atoms with Gasteiger partial charge in [-0.05, 0) is 112 Å². The normalized spacial score (nSPS) is 13.3. The summed E-state index contributed by atoms with van der Waals surface area (Å²) >= 11 is 0. The molecule has 0 amide bonds. The van der Waals surface area contributed by atoms with Gasteiger partial charge in [0.15, 0.2) is 0 Å². The van der Waals surface area contributed by atoms with Crippen molar-refractivity contribution in [1.82, 2.24) is 4.57 Å². The van der Waals surface area contributed by atoms with Crippen molar-refractivity contribution in [3.8, 4) is 39.1 Å². The molecule has 0 radical (unpaired) electrons. The molecule has 3 heteroatoms. The third-order valence-electron chi connectivity index (χ3n) is 14.4. The molecule has 0 spiro atoms. The summed E-state index contributed by atoms with van der Waals surface area (Å²) in [6.07, 6.45) is 6.40. The second-order valence-corrected chi connectivity index (χ2v) is 18.2. The Kier molecular flexibility index (Phi) is 9.60. The lowest BCUT2D eigenvalue weighted by atomic mass is 9.80. The number of nitrogens with zero attached hydrogens (tertiary/aromatic N) is 2. The Morgan fingerprint density at radius 3 is 1.87 bits per heavy atom. The molecular formula is C64H48N2O. The van der Waals surface area contributed by atoms with Gasteiger partial charge in [0.05, 0.1) is 22.4 Å². The largest absolute Gasteiger partial charge is 0.456 e. The molecule has 0 bridgehead atoms. The first kappa shape index (κ1) is 39.2. The first-order valence-electron chi connectivity index (χ1n) is 23.9. The highest BCUT2D eigenvalue weighted by molar-refractivity contribution is 6.15. The highest BCUT2D eigenvalue weighted by Crippen LogP contribution is 2.50. The molecule has 1 aliphatic carbocycles. The number of rotatable bonds is 8. The van der Waals surface area contributed by atoms with Crippen LogP contribution in [0.4, 0.5) is 17.1 Å². The Morgan fingerprint density at radius 1 is 0.418 bits per heavy atom. The predicted molar refractivity (Wildman–Crippen MR) is 282 cm³/mol. The first-order valence-corrected chi connectivity index (χ1v) is 23.9. The molecular weight excluding hydrogens is 813 g/mol. The Hall–Kier alpha value is -8.14. The zero-order valence-corrected chi connectivity index (χ0v) is 37.3. The van der Waals surface area contributed by atoms with Crippen molar-refractivity contribution in [3.63, 3.8) is 0 Å². The second kappa shape index (κ2) is 16.4. The molecule has 0 saturated heterocycles. The van der Waals surface area contributed by atoms with E-state index in [0.717, 1.165) is 61.4 Å². The fourth-order valence-corrected chi connectivity index (χ4v) is 11.4. The van der Waals surface area contributed by atoms with Gasteiger partial charge in [-0.15, -0.1) is 0 Å². The fourth-order valence-electron chi connectivity index (χ4n) is 11.4. The van der Waals surface area contributed by atoms with Crippen LogP contribution in [0.2, 0.25) is 0 Å². The van der Waals surface area contributed by atoms with Gasteiger partial charge in [-0.2, -0.15) is 0 Å². The molecule has 0 atom stereocenters. The van der Waals surface area contributed by atoms with Crippen LogP contribution >= 0.6 is 0 Å². The van der Waals surface area contributed by atoms with Gasteiger partial charge in [0.25, 0.3) is 0 Å². The Bertz CT molecular complexity index is 3810. The Balaban J connectivity index is 1.07. The average Bonchev–Trinajstić information content (AvgIpc) is 3.95. The third-order valence-corrected chi connectivity index (χ3v) is 14.4. The van der Waals surface area contributed by atoms with Crippen molar-refractivity contribution in [2.24, 2.45) is 0 Å². The van der Waals surface area contributed by atoms with E-state index in [4.69, 9.17) is 4.42 Å². The van der Waals surface area contributed by atoms with Crippen LogP contribution < -0.4 is 4.90 Å². The molecule has 10 aromatic carbocycles. The number of para-hydroxylation sites is 6. The zero-order valence-electron chi connectivity index (χ0n) is 37.3. The van der Waals surface area contributed by atoms with Gasteiger partial charge in [-0.25, -0.2) is 0 Å². The lowest BCUT2D eigenvalue weighted by Crippen LogP contribution is -2.13. The Morgan fingerprint density at radius 2 is 1.03 bits per heavy atom. The van der Waals surface area contributed by atoms with Crippen LogP contribution in [0.15, 0.2) is 229 Å². The third kappa shape index (κ3) is 6.64. The van der Waals surface area contributed by atoms with Crippen LogP contribution in [0.5, 0.6) is 0 Å². The Labute approximate surface area is 390 Å². The number of fused-ring (bicyclic) bond motifs is 7. The minimum atomic E-state index is 0.556. The van der Waals surface area contributed by atoms with Crippen molar-refractivity contribution in [2.45, 2.75) is 38.0 Å². The minimum Gasteiger partial charge on any atom is -0.456 e. The number of furan rings is 1. The maximum absolute atomic E-state index is 6.29. The summed E-state index contributed by atoms with van der Waals surface area (Å²) in [5.74, 6) is 0.556. The average molecular weight is 861 g/mol. The summed E-state index contributed by atoms with van der Waals surface area (Å²) in [6.45, 7) is 0. The summed E-state index contributed by atoms with van der Waals surface area (Å²) in [5, 5.41) is 7.40. The van der Waals surface area contributed by atoms with Crippen molar-refractivity contribution < 1.29 is 4.42 Å². The lowest BCUT2D eigenvalue weighted by molar-refractivity contribution is 0.445. The van der Waals surface area contributed by atoms with Gasteiger partial charge in [-0.3, -0.25) is 0 Å². The molecule has 320 valence electrons. The minimum absolute atomic E-state index is 0.556. The number of hydrogen-bond donors (Lipinski definition) is 0. The van der Waals surface area contributed by atoms with Crippen LogP contribution in [-0.2, 0) is 0 Å². The molecule has 1 fully saturated rings. The molecule has 2 aromatic heterocycles. The molecule has 12 aromatic rings. The highest BCUT2D eigenvalue weighted by Gasteiger charge is 2.26. The predicted octanol–water partition coefficient (Wildman–Crippen LogP) is 18.4. The van der Waals surface area contributed by atoms with E-state index >= 15 is 0 Å². The van der Waals surface area contributed by atoms with Crippen molar-refractivity contribution in [1.29, 1.82) is 0 Å². The van der Waals surface area contributed by atoms with E-state index < -0.39 is 0 Å². The van der Waals surface area contributed by atoms with Gasteiger partial charge in [0.1, 0.15) is 11.2 Å². The molecule has 3 nitrogen and oxygen atoms in total. The number of hydrogen-bond acceptors (Lipinski definition) is 2. The van der Waals surface area contributed by atoms with Crippen LogP contribution in [0.3, 0.4) is 0 Å². The highest BCUT2D eigenvalue weighted by atomic mass is 16.3.